The number of carbonyl (C=O) groups excluding carboxylic acids is 2. The van der Waals surface area contributed by atoms with E-state index in [4.69, 9.17) is 16.3 Å². The first-order valence-electron chi connectivity index (χ1n) is 12.0. The molecule has 2 amide bonds. The second kappa shape index (κ2) is 14.1. The molecule has 0 aliphatic carbocycles. The molecule has 0 spiro atoms. The van der Waals surface area contributed by atoms with Crippen LogP contribution in [-0.2, 0) is 26.0 Å². The number of nitrogens with one attached hydrogen (secondary N) is 1. The van der Waals surface area contributed by atoms with Crippen molar-refractivity contribution in [3.63, 3.8) is 0 Å². The Morgan fingerprint density at radius 1 is 1.11 bits per heavy atom. The van der Waals surface area contributed by atoms with Crippen LogP contribution in [0.1, 0.15) is 38.7 Å². The maximum atomic E-state index is 13.6. The average Bonchev–Trinajstić information content (AvgIpc) is 2.84. The Hall–Kier alpha value is -2.78. The van der Waals surface area contributed by atoms with E-state index >= 15 is 0 Å². The molecule has 0 aromatic heterocycles. The lowest BCUT2D eigenvalue weighted by atomic mass is 10.1. The second-order valence-electron chi connectivity index (χ2n) is 8.48. The number of methoxy groups -OCH3 is 1. The second-order valence-corrected chi connectivity index (χ2v) is 10.8. The molecule has 2 aromatic carbocycles. The van der Waals surface area contributed by atoms with Gasteiger partial charge < -0.3 is 15.0 Å². The highest BCUT2D eigenvalue weighted by Crippen LogP contribution is 2.30. The molecule has 2 rings (SSSR count). The third-order valence-corrected chi connectivity index (χ3v) is 7.24. The van der Waals surface area contributed by atoms with Gasteiger partial charge in [-0.1, -0.05) is 62.2 Å². The largest absolute Gasteiger partial charge is 0.495 e. The molecule has 8 nitrogen and oxygen atoms in total. The van der Waals surface area contributed by atoms with Crippen molar-refractivity contribution < 1.29 is 22.7 Å². The number of ether oxygens (including phenoxy) is 1. The third-order valence-electron chi connectivity index (χ3n) is 5.80. The van der Waals surface area contributed by atoms with Gasteiger partial charge in [-0.2, -0.15) is 0 Å². The van der Waals surface area contributed by atoms with Gasteiger partial charge in [0.2, 0.25) is 21.8 Å². The molecule has 0 saturated carbocycles. The number of anilines is 1. The predicted octanol–water partition coefficient (Wildman–Crippen LogP) is 3.88. The van der Waals surface area contributed by atoms with E-state index in [1.54, 1.807) is 6.07 Å². The number of hydrogen-bond donors (Lipinski definition) is 1. The van der Waals surface area contributed by atoms with Gasteiger partial charge in [0, 0.05) is 13.1 Å². The highest BCUT2D eigenvalue weighted by atomic mass is 35.5. The smallest absolute Gasteiger partial charge is 0.244 e. The minimum Gasteiger partial charge on any atom is -0.495 e. The summed E-state index contributed by atoms with van der Waals surface area (Å²) in [7, 11) is -2.38. The molecule has 10 heteroatoms. The summed E-state index contributed by atoms with van der Waals surface area (Å²) in [6, 6.07) is 13.4. The fourth-order valence-electron chi connectivity index (χ4n) is 3.83. The molecule has 0 unspecified atom stereocenters. The quantitative estimate of drug-likeness (QED) is 0.369. The molecule has 0 aliphatic heterocycles. The van der Waals surface area contributed by atoms with E-state index in [1.165, 1.54) is 24.1 Å². The van der Waals surface area contributed by atoms with Crippen LogP contribution in [0.2, 0.25) is 5.02 Å². The van der Waals surface area contributed by atoms with Gasteiger partial charge in [-0.05, 0) is 43.0 Å². The van der Waals surface area contributed by atoms with Gasteiger partial charge in [0.05, 0.1) is 24.1 Å². The van der Waals surface area contributed by atoms with Gasteiger partial charge in [0.1, 0.15) is 18.3 Å². The van der Waals surface area contributed by atoms with Crippen LogP contribution in [0, 0.1) is 0 Å². The summed E-state index contributed by atoms with van der Waals surface area (Å²) in [5.74, 6) is -0.328. The SMILES string of the molecule is CCCCNC(=O)[C@H](CC)N(CCc1ccccc1)C(=O)CN(c1ccc(OC)c(Cl)c1)S(C)(=O)=O. The van der Waals surface area contributed by atoms with Crippen molar-refractivity contribution >= 4 is 39.1 Å². The number of nitrogens with zero attached hydrogens (tertiary/aromatic N) is 2. The van der Waals surface area contributed by atoms with Crippen LogP contribution in [0.3, 0.4) is 0 Å². The van der Waals surface area contributed by atoms with Crippen molar-refractivity contribution in [2.75, 3.05) is 37.3 Å². The van der Waals surface area contributed by atoms with E-state index in [1.807, 2.05) is 44.2 Å². The van der Waals surface area contributed by atoms with Crippen molar-refractivity contribution in [1.29, 1.82) is 0 Å². The van der Waals surface area contributed by atoms with Gasteiger partial charge in [-0.25, -0.2) is 8.42 Å². The monoisotopic (exact) mass is 537 g/mol. The Kier molecular flexibility index (Phi) is 11.5. The zero-order chi connectivity index (χ0) is 26.7. The molecule has 0 radical (unpaired) electrons. The predicted molar refractivity (Wildman–Crippen MR) is 144 cm³/mol. The topological polar surface area (TPSA) is 96.0 Å². The van der Waals surface area contributed by atoms with Gasteiger partial charge in [-0.15, -0.1) is 0 Å². The van der Waals surface area contributed by atoms with E-state index in [0.29, 0.717) is 25.1 Å². The molecule has 2 aromatic rings. The van der Waals surface area contributed by atoms with Gasteiger partial charge >= 0.3 is 0 Å². The maximum Gasteiger partial charge on any atom is 0.244 e. The number of hydrogen-bond acceptors (Lipinski definition) is 5. The van der Waals surface area contributed by atoms with Crippen molar-refractivity contribution in [3.05, 3.63) is 59.1 Å². The third kappa shape index (κ3) is 8.41. The summed E-state index contributed by atoms with van der Waals surface area (Å²) in [6.45, 7) is 4.19. The standard InChI is InChI=1S/C26H36ClN3O5S/c1-5-7-16-28-26(32)23(6-2)29(17-15-20-11-9-8-10-12-20)25(31)19-30(36(4,33)34)21-13-14-24(35-3)22(27)18-21/h8-14,18,23H,5-7,15-17,19H2,1-4H3,(H,28,32)/t23-/m0/s1. The Morgan fingerprint density at radius 2 is 1.81 bits per heavy atom. The van der Waals surface area contributed by atoms with Crippen LogP contribution in [-0.4, -0.2) is 64.2 Å². The Balaban J connectivity index is 2.35. The van der Waals surface area contributed by atoms with Crippen molar-refractivity contribution in [1.82, 2.24) is 10.2 Å². The number of sulfonamides is 1. The Labute approximate surface area is 219 Å². The lowest BCUT2D eigenvalue weighted by molar-refractivity contribution is -0.139. The van der Waals surface area contributed by atoms with Crippen LogP contribution in [0.15, 0.2) is 48.5 Å². The average molecular weight is 538 g/mol. The summed E-state index contributed by atoms with van der Waals surface area (Å²) in [4.78, 5) is 28.1. The number of rotatable bonds is 14. The number of amides is 2. The molecule has 0 fully saturated rings. The highest BCUT2D eigenvalue weighted by Gasteiger charge is 2.31. The van der Waals surface area contributed by atoms with Gasteiger partial charge in [0.15, 0.2) is 0 Å². The summed E-state index contributed by atoms with van der Waals surface area (Å²) in [6.07, 6.45) is 3.72. The van der Waals surface area contributed by atoms with Crippen molar-refractivity contribution in [2.45, 2.75) is 45.6 Å². The molecule has 36 heavy (non-hydrogen) atoms. The Morgan fingerprint density at radius 3 is 2.36 bits per heavy atom. The number of carbonyl (C=O) groups is 2. The molecular weight excluding hydrogens is 502 g/mol. The van der Waals surface area contributed by atoms with Crippen LogP contribution < -0.4 is 14.4 Å². The Bertz CT molecular complexity index is 1110. The molecule has 1 N–H and O–H groups in total. The minimum atomic E-state index is -3.83. The lowest BCUT2D eigenvalue weighted by Gasteiger charge is -2.33. The van der Waals surface area contributed by atoms with Crippen LogP contribution in [0.25, 0.3) is 0 Å². The van der Waals surface area contributed by atoms with Gasteiger partial charge in [0.25, 0.3) is 0 Å². The fourth-order valence-corrected chi connectivity index (χ4v) is 4.92. The number of benzene rings is 2. The molecule has 0 saturated heterocycles. The fraction of sp³-hybridized carbons (Fsp3) is 0.462. The van der Waals surface area contributed by atoms with Crippen molar-refractivity contribution in [2.24, 2.45) is 0 Å². The first-order valence-corrected chi connectivity index (χ1v) is 14.3. The number of halogens is 1. The summed E-state index contributed by atoms with van der Waals surface area (Å²) in [5.41, 5.74) is 1.25. The van der Waals surface area contributed by atoms with Crippen LogP contribution >= 0.6 is 11.6 Å². The maximum absolute atomic E-state index is 13.6. The van der Waals surface area contributed by atoms with Crippen LogP contribution in [0.5, 0.6) is 5.75 Å². The summed E-state index contributed by atoms with van der Waals surface area (Å²) >= 11 is 6.22. The van der Waals surface area contributed by atoms with E-state index < -0.39 is 28.5 Å². The summed E-state index contributed by atoms with van der Waals surface area (Å²) in [5, 5.41) is 3.13. The minimum absolute atomic E-state index is 0.221. The number of unbranched alkanes of at least 4 members (excludes halogenated alkanes) is 1. The molecule has 1 atom stereocenters. The van der Waals surface area contributed by atoms with E-state index in [-0.39, 0.29) is 23.2 Å². The van der Waals surface area contributed by atoms with Crippen molar-refractivity contribution in [3.8, 4) is 5.75 Å². The highest BCUT2D eigenvalue weighted by molar-refractivity contribution is 7.92. The first kappa shape index (κ1) is 29.5. The molecule has 198 valence electrons. The summed E-state index contributed by atoms with van der Waals surface area (Å²) < 4.78 is 31.5. The molecule has 0 heterocycles. The van der Waals surface area contributed by atoms with E-state index in [2.05, 4.69) is 5.32 Å². The lowest BCUT2D eigenvalue weighted by Crippen LogP contribution is -2.53. The molecular formula is C26H36ClN3O5S. The normalized spacial score (nSPS) is 12.0. The zero-order valence-corrected chi connectivity index (χ0v) is 22.9. The van der Waals surface area contributed by atoms with E-state index in [9.17, 15) is 18.0 Å². The molecule has 0 aliphatic rings. The molecule has 0 bridgehead atoms. The first-order chi connectivity index (χ1) is 17.1. The van der Waals surface area contributed by atoms with Crippen LogP contribution in [0.4, 0.5) is 5.69 Å². The zero-order valence-electron chi connectivity index (χ0n) is 21.4. The van der Waals surface area contributed by atoms with E-state index in [0.717, 1.165) is 29.0 Å². The van der Waals surface area contributed by atoms with Gasteiger partial charge in [-0.3, -0.25) is 13.9 Å².